The minimum Gasteiger partial charge on any atom is -0.306 e. The molecule has 0 spiro atoms. The number of benzene rings is 9. The number of rotatable bonds is 26. The van der Waals surface area contributed by atoms with Crippen LogP contribution in [0.4, 0.5) is 13.2 Å². The van der Waals surface area contributed by atoms with Crippen molar-refractivity contribution in [2.45, 2.75) is 161 Å². The molecule has 9 aromatic carbocycles. The van der Waals surface area contributed by atoms with Crippen molar-refractivity contribution in [3.63, 3.8) is 0 Å². The number of halogens is 4. The maximum absolute atomic E-state index is 13.7. The van der Waals surface area contributed by atoms with E-state index in [0.717, 1.165) is 186 Å². The van der Waals surface area contributed by atoms with Gasteiger partial charge >= 0.3 is 22.8 Å². The number of aryl methyl sites for hydroxylation is 1. The summed E-state index contributed by atoms with van der Waals surface area (Å²) >= 11 is 3.47. The van der Waals surface area contributed by atoms with Gasteiger partial charge in [0.2, 0.25) is 0 Å². The van der Waals surface area contributed by atoms with E-state index in [1.807, 2.05) is 127 Å². The van der Waals surface area contributed by atoms with E-state index in [4.69, 9.17) is 0 Å². The number of carbonyl (C=O) groups is 4. The van der Waals surface area contributed by atoms with E-state index < -0.39 is 0 Å². The molecule has 0 amide bonds. The first-order valence-corrected chi connectivity index (χ1v) is 46.4. The molecular formula is C103H116BrF3N12O8. The van der Waals surface area contributed by atoms with Crippen molar-refractivity contribution in [3.05, 3.63) is 292 Å². The second-order valence-corrected chi connectivity index (χ2v) is 38.1. The van der Waals surface area contributed by atoms with Gasteiger partial charge in [-0.3, -0.25) is 37.4 Å². The Morgan fingerprint density at radius 1 is 0.354 bits per heavy atom. The van der Waals surface area contributed by atoms with E-state index >= 15 is 0 Å². The predicted octanol–water partition coefficient (Wildman–Crippen LogP) is 19.1. The first-order chi connectivity index (χ1) is 61.4. The zero-order chi connectivity index (χ0) is 88.7. The van der Waals surface area contributed by atoms with Gasteiger partial charge in [0.1, 0.15) is 29.0 Å². The average molecular weight is 1790 g/mol. The summed E-state index contributed by atoms with van der Waals surface area (Å²) in [4.78, 5) is 122. The molecule has 0 bridgehead atoms. The van der Waals surface area contributed by atoms with Gasteiger partial charge in [-0.2, -0.15) is 0 Å². The smallest absolute Gasteiger partial charge is 0.306 e. The van der Waals surface area contributed by atoms with Crippen LogP contribution in [-0.2, 0) is 9.59 Å². The van der Waals surface area contributed by atoms with E-state index in [9.17, 15) is 51.5 Å². The lowest BCUT2D eigenvalue weighted by atomic mass is 9.96. The molecule has 4 N–H and O–H groups in total. The normalized spacial score (nSPS) is 19.7. The summed E-state index contributed by atoms with van der Waals surface area (Å²) in [5.41, 5.74) is 10.6. The number of nitrogens with one attached hydrogen (secondary N) is 4. The topological polar surface area (TPSA) is 232 Å². The standard InChI is InChI=1S/C27H28FN3O2.2C26H30FN3O2.C24H28BrN3O2/c1-18(14-26(32)21-7-6-19-4-2-3-5-20(19)15-21)17-30-12-10-23(11-13-30)31-25-16-22(28)8-9-24(25)29-27(31)33;1-17(13-25(31)22-15-21(22)18-5-3-2-4-6-18)16-29-11-9-20(10-12-29)30-24-8-7-19(27)14-23(24)28-26(30)32;1-17(13-25(31)22-15-21(22)18-5-3-2-4-6-18)16-29-11-9-20(10-12-29)30-24-14-19(27)7-8-23(24)28-26(30)32;1-16-3-5-18(6-4-16)23(29)13-17(2)15-27-11-9-20(10-12-27)28-22-8-7-19(25)14-21(22)26-24(28)30/h2-9,15-16,18,23H,10-14,17H2,1H3,(H,29,33);2*2-8,14,17,20-22H,9-13,15-16H2,1H3,(H,28,32);3-8,14,17,20H,9-13,15H2,1-2H3,(H,26,30)/t18-;17-,21+,22?;17-,21+,22-;17-/m1111/s1. The Morgan fingerprint density at radius 3 is 1.12 bits per heavy atom. The quantitative estimate of drug-likeness (QED) is 0.0371. The zero-order valence-corrected chi connectivity index (χ0v) is 74.8. The number of H-pyrrole nitrogens is 4. The third-order valence-corrected chi connectivity index (χ3v) is 27.7. The van der Waals surface area contributed by atoms with Gasteiger partial charge in [-0.15, -0.1) is 0 Å². The molecule has 4 saturated heterocycles. The van der Waals surface area contributed by atoms with Crippen LogP contribution in [0.2, 0.25) is 0 Å². The summed E-state index contributed by atoms with van der Waals surface area (Å²) in [6, 6.07) is 62.3. The molecule has 2 aliphatic carbocycles. The number of fused-ring (bicyclic) bond motifs is 5. The molecule has 0 radical (unpaired) electrons. The fraction of sp³-hybridized carbons (Fsp3) is 0.417. The summed E-state index contributed by atoms with van der Waals surface area (Å²) in [6.07, 6.45) is 11.3. The lowest BCUT2D eigenvalue weighted by Gasteiger charge is -2.34. The average Bonchev–Trinajstić information content (AvgIpc) is 1.64. The summed E-state index contributed by atoms with van der Waals surface area (Å²) in [7, 11) is 0. The number of ketones is 4. The Labute approximate surface area is 746 Å². The van der Waals surface area contributed by atoms with Crippen LogP contribution in [0, 0.1) is 59.9 Å². The van der Waals surface area contributed by atoms with Crippen LogP contribution >= 0.6 is 15.9 Å². The van der Waals surface area contributed by atoms with E-state index in [2.05, 4.69) is 113 Å². The van der Waals surface area contributed by atoms with Gasteiger partial charge in [-0.05, 0) is 207 Å². The van der Waals surface area contributed by atoms with Crippen LogP contribution < -0.4 is 22.8 Å². The van der Waals surface area contributed by atoms with Crippen molar-refractivity contribution in [2.24, 2.45) is 35.5 Å². The second-order valence-electron chi connectivity index (χ2n) is 37.1. The maximum atomic E-state index is 13.7. The number of carbonyl (C=O) groups excluding carboxylic acids is 4. The third kappa shape index (κ3) is 21.9. The molecule has 6 aliphatic rings. The lowest BCUT2D eigenvalue weighted by molar-refractivity contribution is -0.122. The predicted molar refractivity (Wildman–Crippen MR) is 500 cm³/mol. The minimum absolute atomic E-state index is 0.0291. The number of aromatic nitrogens is 8. The number of piperidine rings is 4. The first kappa shape index (κ1) is 89.5. The monoisotopic (exact) mass is 1780 g/mol. The van der Waals surface area contributed by atoms with Crippen LogP contribution in [0.1, 0.15) is 191 Å². The van der Waals surface area contributed by atoms with Crippen molar-refractivity contribution < 1.29 is 32.3 Å². The fourth-order valence-electron chi connectivity index (χ4n) is 20.5. The van der Waals surface area contributed by atoms with Gasteiger partial charge in [0, 0.05) is 156 Å². The molecule has 6 fully saturated rings. The maximum Gasteiger partial charge on any atom is 0.326 e. The number of likely N-dealkylation sites (tertiary alicyclic amines) is 4. The number of hydrogen-bond donors (Lipinski definition) is 4. The van der Waals surface area contributed by atoms with Crippen LogP contribution in [-0.4, -0.2) is 159 Å². The second kappa shape index (κ2) is 40.2. The molecule has 8 atom stereocenters. The van der Waals surface area contributed by atoms with Crippen molar-refractivity contribution in [1.29, 1.82) is 0 Å². The van der Waals surface area contributed by atoms with Gasteiger partial charge in [0.05, 0.1) is 44.1 Å². The van der Waals surface area contributed by atoms with Crippen molar-refractivity contribution in [3.8, 4) is 0 Å². The Kier molecular flexibility index (Phi) is 28.3. The molecule has 2 saturated carbocycles. The van der Waals surface area contributed by atoms with Gasteiger partial charge in [0.15, 0.2) is 11.6 Å². The molecule has 4 aromatic heterocycles. The first-order valence-electron chi connectivity index (χ1n) is 45.6. The number of hydrogen-bond acceptors (Lipinski definition) is 12. The molecule has 664 valence electrons. The van der Waals surface area contributed by atoms with Crippen molar-refractivity contribution in [2.75, 3.05) is 78.5 Å². The Hall–Kier alpha value is -10.9. The Morgan fingerprint density at radius 2 is 0.693 bits per heavy atom. The summed E-state index contributed by atoms with van der Waals surface area (Å²) in [5, 5.41) is 2.23. The largest absolute Gasteiger partial charge is 0.326 e. The van der Waals surface area contributed by atoms with E-state index in [0.29, 0.717) is 94.4 Å². The van der Waals surface area contributed by atoms with Crippen molar-refractivity contribution in [1.82, 2.24) is 57.8 Å². The van der Waals surface area contributed by atoms with E-state index in [1.54, 1.807) is 31.9 Å². The minimum atomic E-state index is -0.342. The highest BCUT2D eigenvalue weighted by Gasteiger charge is 2.45. The Balaban J connectivity index is 0.000000125. The lowest BCUT2D eigenvalue weighted by Crippen LogP contribution is -2.39. The highest BCUT2D eigenvalue weighted by molar-refractivity contribution is 9.10. The van der Waals surface area contributed by atoms with E-state index in [1.165, 1.54) is 53.1 Å². The van der Waals surface area contributed by atoms with Gasteiger partial charge in [0.25, 0.3) is 0 Å². The molecular weight excluding hydrogens is 1670 g/mol. The van der Waals surface area contributed by atoms with Gasteiger partial charge in [-0.25, -0.2) is 32.3 Å². The van der Waals surface area contributed by atoms with E-state index in [-0.39, 0.29) is 93.7 Å². The number of aromatic amines is 4. The highest BCUT2D eigenvalue weighted by atomic mass is 79.9. The molecule has 19 rings (SSSR count). The summed E-state index contributed by atoms with van der Waals surface area (Å²) in [6.45, 7) is 21.4. The Bertz CT molecular complexity index is 6300. The van der Waals surface area contributed by atoms with Crippen molar-refractivity contribution >= 4 is 94.0 Å². The molecule has 13 aromatic rings. The van der Waals surface area contributed by atoms with Crippen LogP contribution in [0.15, 0.2) is 224 Å². The fourth-order valence-corrected chi connectivity index (χ4v) is 20.9. The molecule has 127 heavy (non-hydrogen) atoms. The van der Waals surface area contributed by atoms with Gasteiger partial charge < -0.3 is 39.5 Å². The van der Waals surface area contributed by atoms with Crippen LogP contribution in [0.5, 0.6) is 0 Å². The number of nitrogens with zero attached hydrogens (tertiary/aromatic N) is 8. The molecule has 24 heteroatoms. The number of Topliss-reactive ketones (excluding diaryl/α,β-unsaturated/α-hetero) is 4. The summed E-state index contributed by atoms with van der Waals surface area (Å²) < 4.78 is 49.0. The molecule has 8 heterocycles. The zero-order valence-electron chi connectivity index (χ0n) is 73.2. The summed E-state index contributed by atoms with van der Waals surface area (Å²) in [5.74, 6) is 2.60. The van der Waals surface area contributed by atoms with Gasteiger partial charge in [-0.1, -0.05) is 171 Å². The van der Waals surface area contributed by atoms with Crippen LogP contribution in [0.25, 0.3) is 54.9 Å². The molecule has 1 unspecified atom stereocenters. The number of imidazole rings is 4. The highest BCUT2D eigenvalue weighted by Crippen LogP contribution is 2.50. The van der Waals surface area contributed by atoms with Crippen LogP contribution in [0.3, 0.4) is 0 Å². The molecule has 4 aliphatic heterocycles. The SMILES string of the molecule is C[C@H](CC(=O)C1C[C@H]1c1ccccc1)CN1CCC(n2c(=O)[nH]c3cc(F)ccc32)CC1.C[C@H](CC(=O)[C@@H]1C[C@H]1c1ccccc1)CN1CCC(n2c(=O)[nH]c3ccc(F)cc32)CC1.C[C@H](CC(=O)c1ccc2ccccc2c1)CN1CCC(n2c(=O)[nH]c3ccc(F)cc32)CC1.Cc1ccc(C(=O)C[C@@H](C)CN2CCC(n3c(=O)[nH]c4cc(Br)ccc43)CC2)cc1. The molecule has 20 nitrogen and oxygen atoms in total. The third-order valence-electron chi connectivity index (χ3n) is 27.2.